The van der Waals surface area contributed by atoms with Gasteiger partial charge in [-0.3, -0.25) is 0 Å². The zero-order valence-electron chi connectivity index (χ0n) is 6.86. The fourth-order valence-corrected chi connectivity index (χ4v) is 1.13. The molecule has 53 valence electrons. The van der Waals surface area contributed by atoms with E-state index in [0.29, 0.717) is 0 Å². The Morgan fingerprint density at radius 3 is 1.80 bits per heavy atom. The summed E-state index contributed by atoms with van der Waals surface area (Å²) in [5.74, 6) is 0. The number of hydrogen-bond donors (Lipinski definition) is 0. The Hall–Kier alpha value is -0.780. The van der Waals surface area contributed by atoms with Gasteiger partial charge in [0.1, 0.15) is 0 Å². The molecule has 0 saturated heterocycles. The number of benzene rings is 1. The van der Waals surface area contributed by atoms with Crippen molar-refractivity contribution in [1.82, 2.24) is 0 Å². The predicted molar refractivity (Wildman–Crippen MR) is 45.1 cm³/mol. The standard InChI is InChI=1S/C10H13/c1-7-5-8(2)10(4)9(3)6-7/h5-6H,1H2,2-4H3. The Balaban J connectivity index is 3.31. The first-order valence-electron chi connectivity index (χ1n) is 3.51. The van der Waals surface area contributed by atoms with Gasteiger partial charge in [-0.25, -0.2) is 0 Å². The molecule has 10 heavy (non-hydrogen) atoms. The van der Waals surface area contributed by atoms with Gasteiger partial charge >= 0.3 is 0 Å². The molecule has 1 radical (unpaired) electrons. The lowest BCUT2D eigenvalue weighted by Gasteiger charge is -2.04. The van der Waals surface area contributed by atoms with Crippen molar-refractivity contribution in [2.24, 2.45) is 0 Å². The molecule has 1 aromatic carbocycles. The summed E-state index contributed by atoms with van der Waals surface area (Å²) in [5, 5.41) is 0. The van der Waals surface area contributed by atoms with Crippen molar-refractivity contribution in [1.29, 1.82) is 0 Å². The molecule has 0 amide bonds. The van der Waals surface area contributed by atoms with E-state index in [9.17, 15) is 0 Å². The highest BCUT2D eigenvalue weighted by Crippen LogP contribution is 2.13. The van der Waals surface area contributed by atoms with Crippen molar-refractivity contribution in [3.05, 3.63) is 41.3 Å². The van der Waals surface area contributed by atoms with E-state index in [2.05, 4.69) is 39.8 Å². The molecular formula is C10H13. The Labute approximate surface area is 62.9 Å². The van der Waals surface area contributed by atoms with Gasteiger partial charge in [-0.05, 0) is 49.9 Å². The first-order chi connectivity index (χ1) is 4.61. The second kappa shape index (κ2) is 2.45. The van der Waals surface area contributed by atoms with E-state index < -0.39 is 0 Å². The van der Waals surface area contributed by atoms with E-state index in [4.69, 9.17) is 0 Å². The molecule has 0 atom stereocenters. The maximum Gasteiger partial charge on any atom is -0.0238 e. The van der Waals surface area contributed by atoms with Gasteiger partial charge in [0.25, 0.3) is 0 Å². The molecule has 0 spiro atoms. The van der Waals surface area contributed by atoms with Crippen LogP contribution in [0.2, 0.25) is 0 Å². The molecule has 0 saturated carbocycles. The zero-order valence-corrected chi connectivity index (χ0v) is 6.86. The SMILES string of the molecule is [CH2]c1cc(C)c(C)c(C)c1. The van der Waals surface area contributed by atoms with Crippen LogP contribution >= 0.6 is 0 Å². The largest absolute Gasteiger partial charge is 0.0558 e. The fourth-order valence-electron chi connectivity index (χ4n) is 1.13. The lowest BCUT2D eigenvalue weighted by molar-refractivity contribution is 1.25. The minimum Gasteiger partial charge on any atom is -0.0558 e. The number of hydrogen-bond acceptors (Lipinski definition) is 0. The average molecular weight is 133 g/mol. The van der Waals surface area contributed by atoms with Gasteiger partial charge in [0.15, 0.2) is 0 Å². The molecule has 0 N–H and O–H groups in total. The van der Waals surface area contributed by atoms with Crippen LogP contribution in [-0.4, -0.2) is 0 Å². The lowest BCUT2D eigenvalue weighted by atomic mass is 10.0. The van der Waals surface area contributed by atoms with Crippen LogP contribution in [0.15, 0.2) is 12.1 Å². The van der Waals surface area contributed by atoms with Crippen molar-refractivity contribution in [2.45, 2.75) is 20.8 Å². The van der Waals surface area contributed by atoms with Crippen LogP contribution in [0.4, 0.5) is 0 Å². The first-order valence-corrected chi connectivity index (χ1v) is 3.51. The third kappa shape index (κ3) is 1.21. The van der Waals surface area contributed by atoms with Crippen molar-refractivity contribution >= 4 is 0 Å². The summed E-state index contributed by atoms with van der Waals surface area (Å²) in [6.07, 6.45) is 0. The molecule has 0 aliphatic rings. The van der Waals surface area contributed by atoms with Crippen LogP contribution in [0.1, 0.15) is 22.3 Å². The smallest absolute Gasteiger partial charge is 0.0238 e. The Bertz CT molecular complexity index is 223. The van der Waals surface area contributed by atoms with E-state index >= 15 is 0 Å². The van der Waals surface area contributed by atoms with Crippen molar-refractivity contribution in [3.63, 3.8) is 0 Å². The second-order valence-electron chi connectivity index (χ2n) is 2.85. The Morgan fingerprint density at radius 2 is 1.40 bits per heavy atom. The number of aryl methyl sites for hydroxylation is 2. The van der Waals surface area contributed by atoms with E-state index in [1.807, 2.05) is 0 Å². The summed E-state index contributed by atoms with van der Waals surface area (Å²) in [6.45, 7) is 10.3. The lowest BCUT2D eigenvalue weighted by Crippen LogP contribution is -1.86. The molecule has 0 aliphatic carbocycles. The quantitative estimate of drug-likeness (QED) is 0.510. The van der Waals surface area contributed by atoms with Crippen LogP contribution in [-0.2, 0) is 0 Å². The topological polar surface area (TPSA) is 0 Å². The van der Waals surface area contributed by atoms with Crippen LogP contribution in [0.3, 0.4) is 0 Å². The van der Waals surface area contributed by atoms with Crippen LogP contribution in [0, 0.1) is 27.7 Å². The minimum atomic E-state index is 1.11. The highest BCUT2D eigenvalue weighted by atomic mass is 14.0. The third-order valence-electron chi connectivity index (χ3n) is 1.99. The van der Waals surface area contributed by atoms with Gasteiger partial charge in [0.05, 0.1) is 0 Å². The Morgan fingerprint density at radius 1 is 1.00 bits per heavy atom. The van der Waals surface area contributed by atoms with Gasteiger partial charge < -0.3 is 0 Å². The molecular weight excluding hydrogens is 120 g/mol. The van der Waals surface area contributed by atoms with Gasteiger partial charge in [0.2, 0.25) is 0 Å². The molecule has 0 unspecified atom stereocenters. The molecule has 0 fully saturated rings. The van der Waals surface area contributed by atoms with Gasteiger partial charge in [-0.15, -0.1) is 0 Å². The second-order valence-corrected chi connectivity index (χ2v) is 2.85. The fraction of sp³-hybridized carbons (Fsp3) is 0.300. The molecule has 0 nitrogen and oxygen atoms in total. The molecule has 0 bridgehead atoms. The van der Waals surface area contributed by atoms with Crippen molar-refractivity contribution in [2.75, 3.05) is 0 Å². The number of rotatable bonds is 0. The monoisotopic (exact) mass is 133 g/mol. The summed E-state index contributed by atoms with van der Waals surface area (Å²) in [7, 11) is 0. The third-order valence-corrected chi connectivity index (χ3v) is 1.99. The molecule has 0 heterocycles. The van der Waals surface area contributed by atoms with E-state index in [1.165, 1.54) is 16.7 Å². The van der Waals surface area contributed by atoms with Gasteiger partial charge in [0, 0.05) is 0 Å². The molecule has 0 heteroatoms. The van der Waals surface area contributed by atoms with Gasteiger partial charge in [-0.2, -0.15) is 0 Å². The predicted octanol–water partition coefficient (Wildman–Crippen LogP) is 2.79. The van der Waals surface area contributed by atoms with Crippen LogP contribution in [0.5, 0.6) is 0 Å². The highest BCUT2D eigenvalue weighted by Gasteiger charge is 1.96. The minimum absolute atomic E-state index is 1.11. The zero-order chi connectivity index (χ0) is 7.72. The first kappa shape index (κ1) is 7.33. The van der Waals surface area contributed by atoms with Crippen LogP contribution < -0.4 is 0 Å². The van der Waals surface area contributed by atoms with Gasteiger partial charge in [-0.1, -0.05) is 12.1 Å². The molecule has 0 aromatic heterocycles. The maximum atomic E-state index is 3.88. The van der Waals surface area contributed by atoms with E-state index in [-0.39, 0.29) is 0 Å². The van der Waals surface area contributed by atoms with Crippen molar-refractivity contribution < 1.29 is 0 Å². The summed E-state index contributed by atoms with van der Waals surface area (Å²) >= 11 is 0. The normalized spacial score (nSPS) is 10.0. The summed E-state index contributed by atoms with van der Waals surface area (Å²) in [5.41, 5.74) is 5.17. The molecule has 0 aliphatic heterocycles. The summed E-state index contributed by atoms with van der Waals surface area (Å²) < 4.78 is 0. The van der Waals surface area contributed by atoms with E-state index in [1.54, 1.807) is 0 Å². The highest BCUT2D eigenvalue weighted by molar-refractivity contribution is 5.37. The Kier molecular flexibility index (Phi) is 1.80. The van der Waals surface area contributed by atoms with Crippen molar-refractivity contribution in [3.8, 4) is 0 Å². The molecule has 1 aromatic rings. The summed E-state index contributed by atoms with van der Waals surface area (Å²) in [6, 6.07) is 4.23. The average Bonchev–Trinajstić information content (AvgIpc) is 1.82. The summed E-state index contributed by atoms with van der Waals surface area (Å²) in [4.78, 5) is 0. The maximum absolute atomic E-state index is 3.88. The van der Waals surface area contributed by atoms with E-state index in [0.717, 1.165) is 5.56 Å². The van der Waals surface area contributed by atoms with Crippen LogP contribution in [0.25, 0.3) is 0 Å². The molecule has 1 rings (SSSR count).